The molecule has 10 nitrogen and oxygen atoms in total. The third-order valence-corrected chi connectivity index (χ3v) is 9.15. The second-order valence-electron chi connectivity index (χ2n) is 10.3. The molecule has 0 radical (unpaired) electrons. The van der Waals surface area contributed by atoms with E-state index in [9.17, 15) is 26.4 Å². The van der Waals surface area contributed by atoms with Gasteiger partial charge in [-0.15, -0.1) is 0 Å². The number of likely N-dealkylation sites (N-methyl/N-ethyl adjacent to an activating group) is 1. The number of likely N-dealkylation sites (tertiary alicyclic amines) is 1. The van der Waals surface area contributed by atoms with Crippen molar-refractivity contribution >= 4 is 44.7 Å². The van der Waals surface area contributed by atoms with Crippen LogP contribution in [0.1, 0.15) is 27.9 Å². The number of benzene rings is 2. The molecule has 1 amide bonds. The van der Waals surface area contributed by atoms with Crippen LogP contribution >= 0.6 is 11.6 Å². The predicted octanol–water partition coefficient (Wildman–Crippen LogP) is 4.54. The molecule has 0 bridgehead atoms. The Morgan fingerprint density at radius 1 is 1.14 bits per heavy atom. The van der Waals surface area contributed by atoms with Crippen LogP contribution in [0.25, 0.3) is 16.8 Å². The molecular formula is C27H27ClF3N7O3S. The Morgan fingerprint density at radius 2 is 1.88 bits per heavy atom. The Labute approximate surface area is 244 Å². The molecule has 42 heavy (non-hydrogen) atoms. The molecule has 1 saturated heterocycles. The molecule has 5 rings (SSSR count). The van der Waals surface area contributed by atoms with E-state index < -0.39 is 26.7 Å². The third kappa shape index (κ3) is 5.49. The van der Waals surface area contributed by atoms with E-state index in [4.69, 9.17) is 17.3 Å². The molecule has 0 spiro atoms. The van der Waals surface area contributed by atoms with E-state index in [1.807, 2.05) is 14.1 Å². The van der Waals surface area contributed by atoms with Crippen LogP contribution in [0.2, 0.25) is 5.02 Å². The second-order valence-corrected chi connectivity index (χ2v) is 12.3. The lowest BCUT2D eigenvalue weighted by Crippen LogP contribution is -2.34. The quantitative estimate of drug-likeness (QED) is 0.324. The zero-order valence-corrected chi connectivity index (χ0v) is 24.3. The molecule has 1 aliphatic heterocycles. The van der Waals surface area contributed by atoms with Gasteiger partial charge < -0.3 is 15.5 Å². The summed E-state index contributed by atoms with van der Waals surface area (Å²) in [7, 11) is -0.492. The van der Waals surface area contributed by atoms with Crippen molar-refractivity contribution in [1.82, 2.24) is 24.4 Å². The molecule has 2 aromatic carbocycles. The molecule has 3 heterocycles. The van der Waals surface area contributed by atoms with Crippen molar-refractivity contribution in [3.8, 4) is 11.1 Å². The SMILES string of the molecule is Cc1cc(NS(=O)(=O)c2cc(C(F)(F)F)ccc2Cl)ccc1-c1cnc2c(C(=O)N3CCC(N(C)C)C3)cnn2c1N. The zero-order valence-electron chi connectivity index (χ0n) is 22.8. The smallest absolute Gasteiger partial charge is 0.383 e. The Morgan fingerprint density at radius 3 is 2.52 bits per heavy atom. The van der Waals surface area contributed by atoms with E-state index in [1.54, 1.807) is 17.9 Å². The lowest BCUT2D eigenvalue weighted by molar-refractivity contribution is -0.137. The largest absolute Gasteiger partial charge is 0.416 e. The summed E-state index contributed by atoms with van der Waals surface area (Å²) >= 11 is 5.93. The Hall–Kier alpha value is -3.88. The van der Waals surface area contributed by atoms with Gasteiger partial charge in [0.1, 0.15) is 16.3 Å². The minimum Gasteiger partial charge on any atom is -0.383 e. The van der Waals surface area contributed by atoms with Gasteiger partial charge in [0, 0.05) is 36.6 Å². The first-order valence-electron chi connectivity index (χ1n) is 12.8. The van der Waals surface area contributed by atoms with Gasteiger partial charge in [-0.25, -0.2) is 13.4 Å². The Kier molecular flexibility index (Phi) is 7.58. The number of carbonyl (C=O) groups is 1. The van der Waals surface area contributed by atoms with Gasteiger partial charge in [-0.1, -0.05) is 17.7 Å². The van der Waals surface area contributed by atoms with E-state index in [0.717, 1.165) is 12.5 Å². The summed E-state index contributed by atoms with van der Waals surface area (Å²) in [6, 6.07) is 6.91. The number of sulfonamides is 1. The average Bonchev–Trinajstić information content (AvgIpc) is 3.57. The summed E-state index contributed by atoms with van der Waals surface area (Å²) in [5.41, 5.74) is 7.75. The molecule has 3 N–H and O–H groups in total. The standard InChI is InChI=1S/C27H27ClF3N7O3S/c1-15-10-17(35-42(40,41)23-11-16(27(29,30)31)4-7-22(23)28)5-6-19(15)20-12-33-25-21(13-34-38(25)24(20)32)26(39)37-9-8-18(14-37)36(2)3/h4-7,10-13,18,35H,8-9,14,32H2,1-3H3. The molecule has 222 valence electrons. The van der Waals surface area contributed by atoms with Crippen LogP contribution in [-0.2, 0) is 16.2 Å². The number of rotatable bonds is 6. The summed E-state index contributed by atoms with van der Waals surface area (Å²) in [5.74, 6) is 0.0431. The maximum atomic E-state index is 13.2. The number of aryl methyl sites for hydroxylation is 1. The monoisotopic (exact) mass is 621 g/mol. The van der Waals surface area contributed by atoms with Crippen LogP contribution in [0, 0.1) is 6.92 Å². The molecule has 1 aliphatic rings. The first-order valence-corrected chi connectivity index (χ1v) is 14.6. The Balaban J connectivity index is 1.41. The number of nitrogens with two attached hydrogens (primary N) is 1. The van der Waals surface area contributed by atoms with Gasteiger partial charge in [0.05, 0.1) is 16.8 Å². The van der Waals surface area contributed by atoms with E-state index in [1.165, 1.54) is 29.0 Å². The number of carbonyl (C=O) groups excluding carboxylic acids is 1. The van der Waals surface area contributed by atoms with Gasteiger partial charge in [0.25, 0.3) is 15.9 Å². The van der Waals surface area contributed by atoms with Crippen LogP contribution in [0.5, 0.6) is 0 Å². The number of nitrogens with zero attached hydrogens (tertiary/aromatic N) is 5. The van der Waals surface area contributed by atoms with Crippen LogP contribution < -0.4 is 10.5 Å². The summed E-state index contributed by atoms with van der Waals surface area (Å²) in [5, 5.41) is 3.95. The number of amides is 1. The highest BCUT2D eigenvalue weighted by Gasteiger charge is 2.33. The minimum absolute atomic E-state index is 0.103. The highest BCUT2D eigenvalue weighted by atomic mass is 35.5. The number of nitrogen functional groups attached to an aromatic ring is 1. The van der Waals surface area contributed by atoms with Crippen molar-refractivity contribution in [2.24, 2.45) is 0 Å². The zero-order chi connectivity index (χ0) is 30.6. The van der Waals surface area contributed by atoms with E-state index in [-0.39, 0.29) is 28.5 Å². The summed E-state index contributed by atoms with van der Waals surface area (Å²) in [4.78, 5) is 20.8. The van der Waals surface area contributed by atoms with Crippen molar-refractivity contribution in [1.29, 1.82) is 0 Å². The molecular weight excluding hydrogens is 595 g/mol. The fourth-order valence-corrected chi connectivity index (χ4v) is 6.53. The van der Waals surface area contributed by atoms with Crippen LogP contribution in [0.15, 0.2) is 53.7 Å². The van der Waals surface area contributed by atoms with Crippen LogP contribution in [0.4, 0.5) is 24.7 Å². The third-order valence-electron chi connectivity index (χ3n) is 7.29. The molecule has 4 aromatic rings. The average molecular weight is 622 g/mol. The molecule has 1 atom stereocenters. The van der Waals surface area contributed by atoms with Gasteiger partial charge in [-0.2, -0.15) is 22.8 Å². The molecule has 0 saturated carbocycles. The lowest BCUT2D eigenvalue weighted by atomic mass is 10.0. The predicted molar refractivity (Wildman–Crippen MR) is 153 cm³/mol. The second kappa shape index (κ2) is 10.7. The number of aromatic nitrogens is 3. The highest BCUT2D eigenvalue weighted by molar-refractivity contribution is 7.92. The van der Waals surface area contributed by atoms with E-state index in [2.05, 4.69) is 19.7 Å². The molecule has 1 fully saturated rings. The summed E-state index contributed by atoms with van der Waals surface area (Å²) in [6.07, 6.45) is -0.911. The lowest BCUT2D eigenvalue weighted by Gasteiger charge is -2.20. The molecule has 0 aliphatic carbocycles. The maximum absolute atomic E-state index is 13.2. The van der Waals surface area contributed by atoms with Crippen LogP contribution in [-0.4, -0.2) is 71.9 Å². The number of hydrogen-bond donors (Lipinski definition) is 2. The number of halogens is 4. The van der Waals surface area contributed by atoms with E-state index >= 15 is 0 Å². The van der Waals surface area contributed by atoms with Gasteiger partial charge in [0.15, 0.2) is 5.65 Å². The van der Waals surface area contributed by atoms with Gasteiger partial charge >= 0.3 is 6.18 Å². The first kappa shape index (κ1) is 29.6. The highest BCUT2D eigenvalue weighted by Crippen LogP contribution is 2.35. The first-order chi connectivity index (χ1) is 19.7. The summed E-state index contributed by atoms with van der Waals surface area (Å²) in [6.45, 7) is 2.94. The van der Waals surface area contributed by atoms with Crippen molar-refractivity contribution in [3.63, 3.8) is 0 Å². The van der Waals surface area contributed by atoms with Crippen LogP contribution in [0.3, 0.4) is 0 Å². The van der Waals surface area contributed by atoms with Crippen molar-refractivity contribution in [3.05, 3.63) is 70.5 Å². The number of hydrogen-bond acceptors (Lipinski definition) is 7. The fourth-order valence-electron chi connectivity index (χ4n) is 4.95. The summed E-state index contributed by atoms with van der Waals surface area (Å²) < 4.78 is 69.0. The van der Waals surface area contributed by atoms with E-state index in [0.29, 0.717) is 53.1 Å². The van der Waals surface area contributed by atoms with Gasteiger partial charge in [0.2, 0.25) is 0 Å². The number of alkyl halides is 3. The minimum atomic E-state index is -4.74. The molecule has 2 aromatic heterocycles. The van der Waals surface area contributed by atoms with Crippen molar-refractivity contribution in [2.45, 2.75) is 30.5 Å². The number of fused-ring (bicyclic) bond motifs is 1. The van der Waals surface area contributed by atoms with Crippen molar-refractivity contribution in [2.75, 3.05) is 37.6 Å². The molecule has 15 heteroatoms. The number of anilines is 2. The normalized spacial score (nSPS) is 16.0. The Bertz CT molecular complexity index is 1810. The van der Waals surface area contributed by atoms with Gasteiger partial charge in [-0.3, -0.25) is 9.52 Å². The van der Waals surface area contributed by atoms with Crippen molar-refractivity contribution < 1.29 is 26.4 Å². The van der Waals surface area contributed by atoms with Gasteiger partial charge in [-0.05, 0) is 68.9 Å². The maximum Gasteiger partial charge on any atom is 0.416 e. The molecule has 1 unspecified atom stereocenters. The fraction of sp³-hybridized carbons (Fsp3) is 0.296. The number of nitrogens with one attached hydrogen (secondary N) is 1. The topological polar surface area (TPSA) is 126 Å².